The van der Waals surface area contributed by atoms with E-state index in [1.807, 2.05) is 13.0 Å². The van der Waals surface area contributed by atoms with Crippen LogP contribution in [0.5, 0.6) is 0 Å². The maximum absolute atomic E-state index is 12.1. The monoisotopic (exact) mass is 149 g/mol. The van der Waals surface area contributed by atoms with Crippen LogP contribution >= 0.6 is 0 Å². The molecule has 11 heavy (non-hydrogen) atoms. The molecule has 0 radical (unpaired) electrons. The molecule has 0 aromatic heterocycles. The van der Waals surface area contributed by atoms with E-state index >= 15 is 0 Å². The molecular formula is C9H8FN. The van der Waals surface area contributed by atoms with Crippen molar-refractivity contribution < 1.29 is 4.39 Å². The lowest BCUT2D eigenvalue weighted by Crippen LogP contribution is -1.85. The number of alkyl halides is 1. The predicted octanol–water partition coefficient (Wildman–Crippen LogP) is 2.34. The van der Waals surface area contributed by atoms with E-state index in [1.165, 1.54) is 0 Å². The third kappa shape index (κ3) is 1.56. The largest absolute Gasteiger partial charge is 0.246 e. The fourth-order valence-electron chi connectivity index (χ4n) is 0.873. The molecule has 0 saturated carbocycles. The summed E-state index contributed by atoms with van der Waals surface area (Å²) in [6.07, 6.45) is 0. The van der Waals surface area contributed by atoms with Crippen molar-refractivity contribution in [2.24, 2.45) is 0 Å². The molecule has 0 N–H and O–H groups in total. The van der Waals surface area contributed by atoms with Crippen LogP contribution in [0.1, 0.15) is 16.7 Å². The Balaban J connectivity index is 3.15. The minimum atomic E-state index is -0.505. The van der Waals surface area contributed by atoms with E-state index in [0.29, 0.717) is 11.1 Å². The molecule has 1 rings (SSSR count). The first-order chi connectivity index (χ1) is 5.27. The van der Waals surface area contributed by atoms with Gasteiger partial charge in [0.1, 0.15) is 6.67 Å². The Labute approximate surface area is 65.1 Å². The van der Waals surface area contributed by atoms with Crippen LogP contribution in [0.25, 0.3) is 0 Å². The summed E-state index contributed by atoms with van der Waals surface area (Å²) in [5, 5.41) is 8.57. The summed E-state index contributed by atoms with van der Waals surface area (Å²) in [6.45, 7) is 1.33. The fraction of sp³-hybridized carbons (Fsp3) is 0.222. The van der Waals surface area contributed by atoms with Crippen molar-refractivity contribution in [2.45, 2.75) is 13.6 Å². The molecule has 0 unspecified atom stereocenters. The van der Waals surface area contributed by atoms with Gasteiger partial charge in [-0.3, -0.25) is 0 Å². The molecule has 1 aromatic rings. The number of aryl methyl sites for hydroxylation is 1. The number of hydrogen-bond acceptors (Lipinski definition) is 1. The van der Waals surface area contributed by atoms with Crippen LogP contribution in [0.3, 0.4) is 0 Å². The summed E-state index contributed by atoms with van der Waals surface area (Å²) < 4.78 is 12.1. The van der Waals surface area contributed by atoms with Crippen LogP contribution in [0.4, 0.5) is 4.39 Å². The van der Waals surface area contributed by atoms with E-state index < -0.39 is 6.67 Å². The van der Waals surface area contributed by atoms with Crippen LogP contribution in [0.15, 0.2) is 18.2 Å². The molecule has 56 valence electrons. The third-order valence-corrected chi connectivity index (χ3v) is 1.58. The smallest absolute Gasteiger partial charge is 0.115 e. The summed E-state index contributed by atoms with van der Waals surface area (Å²) in [7, 11) is 0. The number of rotatable bonds is 1. The molecule has 1 aromatic carbocycles. The normalized spacial score (nSPS) is 9.18. The quantitative estimate of drug-likeness (QED) is 0.601. The average molecular weight is 149 g/mol. The molecule has 0 aliphatic carbocycles. The molecular weight excluding hydrogens is 141 g/mol. The number of nitrogens with zero attached hydrogens (tertiary/aromatic N) is 1. The first-order valence-electron chi connectivity index (χ1n) is 3.33. The van der Waals surface area contributed by atoms with Gasteiger partial charge in [-0.2, -0.15) is 5.26 Å². The lowest BCUT2D eigenvalue weighted by atomic mass is 10.1. The summed E-state index contributed by atoms with van der Waals surface area (Å²) in [4.78, 5) is 0. The zero-order chi connectivity index (χ0) is 8.27. The van der Waals surface area contributed by atoms with E-state index in [0.717, 1.165) is 5.56 Å². The van der Waals surface area contributed by atoms with Crippen molar-refractivity contribution in [2.75, 3.05) is 0 Å². The molecule has 0 saturated heterocycles. The molecule has 0 aliphatic heterocycles. The van der Waals surface area contributed by atoms with Gasteiger partial charge in [0.25, 0.3) is 0 Å². The van der Waals surface area contributed by atoms with Crippen LogP contribution in [0.2, 0.25) is 0 Å². The predicted molar refractivity (Wildman–Crippen MR) is 40.7 cm³/mol. The minimum Gasteiger partial charge on any atom is -0.246 e. The van der Waals surface area contributed by atoms with Gasteiger partial charge in [0.2, 0.25) is 0 Å². The molecule has 0 amide bonds. The lowest BCUT2D eigenvalue weighted by Gasteiger charge is -1.97. The van der Waals surface area contributed by atoms with E-state index in [4.69, 9.17) is 5.26 Å². The highest BCUT2D eigenvalue weighted by Gasteiger charge is 1.97. The van der Waals surface area contributed by atoms with E-state index in [-0.39, 0.29) is 0 Å². The Kier molecular flexibility index (Phi) is 2.22. The lowest BCUT2D eigenvalue weighted by molar-refractivity contribution is 0.485. The van der Waals surface area contributed by atoms with Gasteiger partial charge >= 0.3 is 0 Å². The fourth-order valence-corrected chi connectivity index (χ4v) is 0.873. The summed E-state index contributed by atoms with van der Waals surface area (Å²) in [5.41, 5.74) is 2.01. The minimum absolute atomic E-state index is 0.505. The van der Waals surface area contributed by atoms with Crippen molar-refractivity contribution in [3.63, 3.8) is 0 Å². The van der Waals surface area contributed by atoms with Gasteiger partial charge in [-0.15, -0.1) is 0 Å². The molecule has 0 fully saturated rings. The van der Waals surface area contributed by atoms with Gasteiger partial charge in [-0.25, -0.2) is 4.39 Å². The van der Waals surface area contributed by atoms with E-state index in [9.17, 15) is 4.39 Å². The molecule has 2 heteroatoms. The second-order valence-corrected chi connectivity index (χ2v) is 2.39. The van der Waals surface area contributed by atoms with Crippen LogP contribution in [-0.2, 0) is 6.67 Å². The van der Waals surface area contributed by atoms with Crippen LogP contribution < -0.4 is 0 Å². The Morgan fingerprint density at radius 2 is 2.27 bits per heavy atom. The highest BCUT2D eigenvalue weighted by molar-refractivity contribution is 5.39. The second kappa shape index (κ2) is 3.16. The van der Waals surface area contributed by atoms with Gasteiger partial charge < -0.3 is 0 Å². The van der Waals surface area contributed by atoms with E-state index in [2.05, 4.69) is 0 Å². The van der Waals surface area contributed by atoms with Crippen molar-refractivity contribution in [1.82, 2.24) is 0 Å². The second-order valence-electron chi connectivity index (χ2n) is 2.39. The zero-order valence-corrected chi connectivity index (χ0v) is 6.26. The van der Waals surface area contributed by atoms with Crippen molar-refractivity contribution in [1.29, 1.82) is 5.26 Å². The first kappa shape index (κ1) is 7.74. The topological polar surface area (TPSA) is 23.8 Å². The molecule has 1 nitrogen and oxygen atoms in total. The van der Waals surface area contributed by atoms with Crippen LogP contribution in [0, 0.1) is 18.3 Å². The summed E-state index contributed by atoms with van der Waals surface area (Å²) in [5.74, 6) is 0. The maximum Gasteiger partial charge on any atom is 0.115 e. The summed E-state index contributed by atoms with van der Waals surface area (Å²) >= 11 is 0. The number of halogens is 1. The number of nitriles is 1. The third-order valence-electron chi connectivity index (χ3n) is 1.58. The van der Waals surface area contributed by atoms with Gasteiger partial charge in [-0.1, -0.05) is 12.1 Å². The Morgan fingerprint density at radius 3 is 2.82 bits per heavy atom. The van der Waals surface area contributed by atoms with Gasteiger partial charge in [0, 0.05) is 0 Å². The van der Waals surface area contributed by atoms with E-state index in [1.54, 1.807) is 18.2 Å². The maximum atomic E-state index is 12.1. The molecule has 0 bridgehead atoms. The Morgan fingerprint density at radius 1 is 1.55 bits per heavy atom. The molecule has 0 spiro atoms. The number of hydrogen-bond donors (Lipinski definition) is 0. The Bertz CT molecular complexity index is 299. The zero-order valence-electron chi connectivity index (χ0n) is 6.26. The molecule has 0 heterocycles. The highest BCUT2D eigenvalue weighted by Crippen LogP contribution is 2.10. The van der Waals surface area contributed by atoms with Gasteiger partial charge in [0.15, 0.2) is 0 Å². The van der Waals surface area contributed by atoms with Crippen molar-refractivity contribution in [3.8, 4) is 6.07 Å². The Hall–Kier alpha value is -1.36. The SMILES string of the molecule is Cc1ccc(CF)cc1C#N. The van der Waals surface area contributed by atoms with Gasteiger partial charge in [-0.05, 0) is 24.1 Å². The molecule has 0 atom stereocenters. The molecule has 0 aliphatic rings. The number of benzene rings is 1. The van der Waals surface area contributed by atoms with Crippen molar-refractivity contribution in [3.05, 3.63) is 34.9 Å². The highest BCUT2D eigenvalue weighted by atomic mass is 19.1. The summed E-state index contributed by atoms with van der Waals surface area (Å²) in [6, 6.07) is 7.03. The average Bonchev–Trinajstić information content (AvgIpc) is 2.05. The van der Waals surface area contributed by atoms with Crippen LogP contribution in [-0.4, -0.2) is 0 Å². The standard InChI is InChI=1S/C9H8FN/c1-7-2-3-8(5-10)4-9(7)6-11/h2-4H,5H2,1H3. The first-order valence-corrected chi connectivity index (χ1v) is 3.33. The van der Waals surface area contributed by atoms with Gasteiger partial charge in [0.05, 0.1) is 11.6 Å². The van der Waals surface area contributed by atoms with Crippen molar-refractivity contribution >= 4 is 0 Å².